The first-order valence-corrected chi connectivity index (χ1v) is 6.87. The van der Waals surface area contributed by atoms with Crippen LogP contribution in [0.25, 0.3) is 11.7 Å². The van der Waals surface area contributed by atoms with Gasteiger partial charge < -0.3 is 18.7 Å². The molecule has 0 radical (unpaired) electrons. The Morgan fingerprint density at radius 1 is 1.25 bits per heavy atom. The van der Waals surface area contributed by atoms with Gasteiger partial charge in [0.2, 0.25) is 0 Å². The summed E-state index contributed by atoms with van der Waals surface area (Å²) < 4.78 is 39.4. The molecule has 7 nitrogen and oxygen atoms in total. The van der Waals surface area contributed by atoms with Crippen molar-refractivity contribution >= 4 is 0 Å². The van der Waals surface area contributed by atoms with Gasteiger partial charge in [-0.2, -0.15) is 13.5 Å². The Kier molecular flexibility index (Phi) is 4.43. The summed E-state index contributed by atoms with van der Waals surface area (Å²) in [6, 6.07) is 8.62. The summed E-state index contributed by atoms with van der Waals surface area (Å²) in [5, 5.41) is 14.1. The van der Waals surface area contributed by atoms with Gasteiger partial charge in [-0.15, -0.1) is 5.10 Å². The van der Waals surface area contributed by atoms with Crippen molar-refractivity contribution in [2.45, 2.75) is 19.3 Å². The fourth-order valence-corrected chi connectivity index (χ4v) is 2.06. The summed E-state index contributed by atoms with van der Waals surface area (Å²) in [5.74, 6) is -0.496. The highest BCUT2D eigenvalue weighted by Gasteiger charge is 2.16. The van der Waals surface area contributed by atoms with Crippen molar-refractivity contribution in [3.63, 3.8) is 0 Å². The number of ether oxygens (including phenoxy) is 1. The monoisotopic (exact) mass is 338 g/mol. The minimum atomic E-state index is -2.92. The highest BCUT2D eigenvalue weighted by molar-refractivity contribution is 5.42. The lowest BCUT2D eigenvalue weighted by Crippen LogP contribution is -2.20. The molecule has 9 heteroatoms. The zero-order valence-corrected chi connectivity index (χ0v) is 12.1. The molecule has 0 amide bonds. The van der Waals surface area contributed by atoms with E-state index in [1.165, 1.54) is 30.5 Å². The molecule has 0 fully saturated rings. The van der Waals surface area contributed by atoms with Gasteiger partial charge in [0.25, 0.3) is 5.89 Å². The quantitative estimate of drug-likeness (QED) is 0.742. The van der Waals surface area contributed by atoms with Crippen LogP contribution in [0.3, 0.4) is 0 Å². The number of nitrogens with zero attached hydrogens (tertiary/aromatic N) is 2. The summed E-state index contributed by atoms with van der Waals surface area (Å²) in [6.45, 7) is -3.09. The van der Waals surface area contributed by atoms with Crippen LogP contribution < -0.4 is 10.5 Å². The predicted molar refractivity (Wildman–Crippen MR) is 76.5 cm³/mol. The molecule has 126 valence electrons. The van der Waals surface area contributed by atoms with Gasteiger partial charge in [-0.1, -0.05) is 12.1 Å². The van der Waals surface area contributed by atoms with Crippen LogP contribution in [-0.2, 0) is 6.54 Å². The molecule has 0 saturated heterocycles. The molecule has 1 aromatic carbocycles. The second-order valence-corrected chi connectivity index (χ2v) is 4.80. The Balaban J connectivity index is 1.73. The van der Waals surface area contributed by atoms with Crippen molar-refractivity contribution in [3.8, 4) is 17.4 Å². The van der Waals surface area contributed by atoms with E-state index in [0.717, 1.165) is 4.68 Å². The minimum Gasteiger partial charge on any atom is -0.459 e. The summed E-state index contributed by atoms with van der Waals surface area (Å²) in [6.07, 6.45) is 0.324. The molecule has 0 bridgehead atoms. The van der Waals surface area contributed by atoms with E-state index in [1.54, 1.807) is 12.1 Å². The molecule has 0 saturated carbocycles. The van der Waals surface area contributed by atoms with Crippen molar-refractivity contribution in [3.05, 3.63) is 58.8 Å². The predicted octanol–water partition coefficient (Wildman–Crippen LogP) is 2.43. The molecule has 0 aliphatic carbocycles. The average molecular weight is 338 g/mol. The number of aromatic nitrogens is 2. The van der Waals surface area contributed by atoms with E-state index in [4.69, 9.17) is 8.83 Å². The van der Waals surface area contributed by atoms with E-state index in [2.05, 4.69) is 9.84 Å². The van der Waals surface area contributed by atoms with E-state index < -0.39 is 18.5 Å². The van der Waals surface area contributed by atoms with Crippen LogP contribution >= 0.6 is 0 Å². The van der Waals surface area contributed by atoms with Crippen molar-refractivity contribution < 1.29 is 27.5 Å². The average Bonchev–Trinajstić information content (AvgIpc) is 3.18. The van der Waals surface area contributed by atoms with E-state index in [0.29, 0.717) is 5.56 Å². The number of hydrogen-bond acceptors (Lipinski definition) is 6. The molecule has 0 aliphatic rings. The Bertz CT molecular complexity index is 840. The number of aliphatic hydroxyl groups is 1. The van der Waals surface area contributed by atoms with Crippen LogP contribution in [0.4, 0.5) is 8.78 Å². The molecule has 3 aromatic rings. The molecule has 3 rings (SSSR count). The third-order valence-electron chi connectivity index (χ3n) is 3.17. The first-order valence-electron chi connectivity index (χ1n) is 6.87. The van der Waals surface area contributed by atoms with Crippen molar-refractivity contribution in [1.29, 1.82) is 0 Å². The van der Waals surface area contributed by atoms with E-state index >= 15 is 0 Å². The van der Waals surface area contributed by atoms with Gasteiger partial charge in [0.15, 0.2) is 5.76 Å². The van der Waals surface area contributed by atoms with Gasteiger partial charge in [-0.05, 0) is 29.8 Å². The van der Waals surface area contributed by atoms with Gasteiger partial charge in [-0.25, -0.2) is 4.79 Å². The molecule has 0 spiro atoms. The fraction of sp³-hybridized carbons (Fsp3) is 0.200. The first kappa shape index (κ1) is 15.9. The standard InChI is InChI=1S/C15H12F2N2O5/c16-14(17)23-10-5-3-9(4-6-10)11(20)8-19-15(21)24-13(18-19)12-2-1-7-22-12/h1-7,11,14,20H,8H2. The van der Waals surface area contributed by atoms with Crippen LogP contribution in [0, 0.1) is 0 Å². The summed E-state index contributed by atoms with van der Waals surface area (Å²) in [7, 11) is 0. The normalized spacial score (nSPS) is 12.5. The van der Waals surface area contributed by atoms with E-state index in [1.807, 2.05) is 0 Å². The number of furan rings is 1. The Morgan fingerprint density at radius 3 is 2.62 bits per heavy atom. The summed E-state index contributed by atoms with van der Waals surface area (Å²) in [4.78, 5) is 11.8. The number of halogens is 2. The maximum absolute atomic E-state index is 12.1. The zero-order valence-electron chi connectivity index (χ0n) is 12.1. The Morgan fingerprint density at radius 2 is 2.00 bits per heavy atom. The summed E-state index contributed by atoms with van der Waals surface area (Å²) >= 11 is 0. The van der Waals surface area contributed by atoms with Crippen LogP contribution in [0.15, 0.2) is 56.3 Å². The lowest BCUT2D eigenvalue weighted by molar-refractivity contribution is -0.0498. The van der Waals surface area contributed by atoms with Crippen LogP contribution in [-0.4, -0.2) is 21.5 Å². The molecule has 1 unspecified atom stereocenters. The van der Waals surface area contributed by atoms with Crippen molar-refractivity contribution in [1.82, 2.24) is 9.78 Å². The Hall–Kier alpha value is -2.94. The first-order chi connectivity index (χ1) is 11.5. The third kappa shape index (κ3) is 3.51. The lowest BCUT2D eigenvalue weighted by Gasteiger charge is -2.11. The zero-order chi connectivity index (χ0) is 17.1. The number of hydrogen-bond donors (Lipinski definition) is 1. The minimum absolute atomic E-state index is 0.00196. The van der Waals surface area contributed by atoms with Crippen LogP contribution in [0.1, 0.15) is 11.7 Å². The number of alkyl halides is 2. The molecular formula is C15H12F2N2O5. The van der Waals surface area contributed by atoms with Crippen LogP contribution in [0.2, 0.25) is 0 Å². The summed E-state index contributed by atoms with van der Waals surface area (Å²) in [5.41, 5.74) is 0.408. The van der Waals surface area contributed by atoms with Gasteiger partial charge in [0, 0.05) is 0 Å². The molecule has 24 heavy (non-hydrogen) atoms. The molecular weight excluding hydrogens is 326 g/mol. The maximum Gasteiger partial charge on any atom is 0.437 e. The van der Waals surface area contributed by atoms with Crippen LogP contribution in [0.5, 0.6) is 5.75 Å². The molecule has 1 atom stereocenters. The Labute approximate surface area is 133 Å². The van der Waals surface area contributed by atoms with Gasteiger partial charge in [-0.3, -0.25) is 0 Å². The largest absolute Gasteiger partial charge is 0.459 e. The lowest BCUT2D eigenvalue weighted by atomic mass is 10.1. The fourth-order valence-electron chi connectivity index (χ4n) is 2.06. The number of benzene rings is 1. The molecule has 2 aromatic heterocycles. The highest BCUT2D eigenvalue weighted by atomic mass is 19.3. The SMILES string of the molecule is O=c1oc(-c2ccco2)nn1CC(O)c1ccc(OC(F)F)cc1. The van der Waals surface area contributed by atoms with Gasteiger partial charge in [0.05, 0.1) is 18.9 Å². The van der Waals surface area contributed by atoms with Crippen molar-refractivity contribution in [2.75, 3.05) is 0 Å². The molecule has 2 heterocycles. The number of rotatable bonds is 6. The second-order valence-electron chi connectivity index (χ2n) is 4.80. The molecule has 1 N–H and O–H groups in total. The molecule has 0 aliphatic heterocycles. The van der Waals surface area contributed by atoms with Gasteiger partial charge in [0.1, 0.15) is 5.75 Å². The smallest absolute Gasteiger partial charge is 0.437 e. The topological polar surface area (TPSA) is 90.6 Å². The third-order valence-corrected chi connectivity index (χ3v) is 3.17. The maximum atomic E-state index is 12.1. The van der Waals surface area contributed by atoms with E-state index in [9.17, 15) is 18.7 Å². The highest BCUT2D eigenvalue weighted by Crippen LogP contribution is 2.21. The van der Waals surface area contributed by atoms with E-state index in [-0.39, 0.29) is 23.9 Å². The second kappa shape index (κ2) is 6.67. The number of aliphatic hydroxyl groups excluding tert-OH is 1. The van der Waals surface area contributed by atoms with Gasteiger partial charge >= 0.3 is 12.4 Å². The van der Waals surface area contributed by atoms with Crippen molar-refractivity contribution in [2.24, 2.45) is 0 Å².